The van der Waals surface area contributed by atoms with Crippen LogP contribution in [-0.4, -0.2) is 6.04 Å². The van der Waals surface area contributed by atoms with Gasteiger partial charge in [0.15, 0.2) is 0 Å². The van der Waals surface area contributed by atoms with Crippen LogP contribution in [0.3, 0.4) is 0 Å². The van der Waals surface area contributed by atoms with Crippen LogP contribution in [0.1, 0.15) is 76.3 Å². The Morgan fingerprint density at radius 3 is 2.15 bits per heavy atom. The summed E-state index contributed by atoms with van der Waals surface area (Å²) in [5.74, 6) is 0.502. The third-order valence-electron chi connectivity index (χ3n) is 6.64. The maximum atomic E-state index is 5.97. The molecular formula is C31H44N2S. The molecule has 0 aromatic heterocycles. The zero-order valence-electron chi connectivity index (χ0n) is 22.6. The van der Waals surface area contributed by atoms with E-state index in [1.807, 2.05) is 12.3 Å². The Labute approximate surface area is 213 Å². The van der Waals surface area contributed by atoms with E-state index in [2.05, 4.69) is 122 Å². The van der Waals surface area contributed by atoms with Gasteiger partial charge in [0, 0.05) is 17.4 Å². The summed E-state index contributed by atoms with van der Waals surface area (Å²) in [6, 6.07) is 13.7. The van der Waals surface area contributed by atoms with Gasteiger partial charge < -0.3 is 11.1 Å². The summed E-state index contributed by atoms with van der Waals surface area (Å²) in [4.78, 5) is 0. The molecule has 0 amide bonds. The van der Waals surface area contributed by atoms with Gasteiger partial charge in [-0.2, -0.15) is 12.6 Å². The van der Waals surface area contributed by atoms with E-state index in [9.17, 15) is 0 Å². The van der Waals surface area contributed by atoms with Gasteiger partial charge in [0.1, 0.15) is 0 Å². The van der Waals surface area contributed by atoms with Crippen molar-refractivity contribution in [3.8, 4) is 0 Å². The van der Waals surface area contributed by atoms with Crippen LogP contribution in [0.25, 0.3) is 11.6 Å². The van der Waals surface area contributed by atoms with Gasteiger partial charge in [-0.05, 0) is 102 Å². The molecule has 0 aliphatic heterocycles. The predicted molar refractivity (Wildman–Crippen MR) is 156 cm³/mol. The van der Waals surface area contributed by atoms with Gasteiger partial charge in [-0.15, -0.1) is 0 Å². The number of allylic oxidation sites excluding steroid dienone is 4. The molecule has 2 aromatic rings. The molecule has 34 heavy (non-hydrogen) atoms. The first-order valence-electron chi connectivity index (χ1n) is 12.3. The van der Waals surface area contributed by atoms with Crippen molar-refractivity contribution in [1.82, 2.24) is 0 Å². The summed E-state index contributed by atoms with van der Waals surface area (Å²) in [6.07, 6.45) is 5.37. The molecule has 1 atom stereocenters. The van der Waals surface area contributed by atoms with Gasteiger partial charge in [0.2, 0.25) is 0 Å². The van der Waals surface area contributed by atoms with Crippen molar-refractivity contribution in [2.24, 2.45) is 17.1 Å². The smallest absolute Gasteiger partial charge is 0.0375 e. The van der Waals surface area contributed by atoms with Crippen molar-refractivity contribution < 1.29 is 0 Å². The van der Waals surface area contributed by atoms with E-state index in [1.165, 1.54) is 39.1 Å². The molecule has 0 saturated carbocycles. The van der Waals surface area contributed by atoms with Crippen LogP contribution in [0.15, 0.2) is 59.2 Å². The van der Waals surface area contributed by atoms with Gasteiger partial charge in [-0.3, -0.25) is 0 Å². The molecule has 3 N–H and O–H groups in total. The van der Waals surface area contributed by atoms with Crippen molar-refractivity contribution in [1.29, 1.82) is 0 Å². The lowest BCUT2D eigenvalue weighted by Gasteiger charge is -2.26. The van der Waals surface area contributed by atoms with Crippen LogP contribution >= 0.6 is 12.6 Å². The predicted octanol–water partition coefficient (Wildman–Crippen LogP) is 8.57. The van der Waals surface area contributed by atoms with Gasteiger partial charge in [0.05, 0.1) is 0 Å². The molecule has 2 aromatic carbocycles. The topological polar surface area (TPSA) is 38.0 Å². The second-order valence-corrected chi connectivity index (χ2v) is 11.2. The SMILES string of the molecule is C/C(N)=C(\C)c1ccc(CC(Nc2cc(C)c(/C=C/C(=C\S)C(C)(C)C)cc2C)C(C)C)cc1. The zero-order chi connectivity index (χ0) is 25.6. The number of aryl methyl sites for hydroxylation is 2. The Bertz CT molecular complexity index is 1060. The molecular weight excluding hydrogens is 432 g/mol. The highest BCUT2D eigenvalue weighted by Crippen LogP contribution is 2.29. The lowest BCUT2D eigenvalue weighted by Crippen LogP contribution is -2.28. The van der Waals surface area contributed by atoms with Crippen molar-refractivity contribution in [2.75, 3.05) is 5.32 Å². The van der Waals surface area contributed by atoms with Gasteiger partial charge in [-0.1, -0.05) is 71.0 Å². The lowest BCUT2D eigenvalue weighted by molar-refractivity contribution is 0.519. The highest BCUT2D eigenvalue weighted by molar-refractivity contribution is 7.83. The average molecular weight is 477 g/mol. The number of rotatable bonds is 8. The number of nitrogens with one attached hydrogen (secondary N) is 1. The Balaban J connectivity index is 2.23. The van der Waals surface area contributed by atoms with Crippen LogP contribution in [0, 0.1) is 25.2 Å². The summed E-state index contributed by atoms with van der Waals surface area (Å²) >= 11 is 4.41. The van der Waals surface area contributed by atoms with Crippen LogP contribution in [0.5, 0.6) is 0 Å². The van der Waals surface area contributed by atoms with Gasteiger partial charge in [0.25, 0.3) is 0 Å². The van der Waals surface area contributed by atoms with Crippen LogP contribution in [0.2, 0.25) is 0 Å². The third kappa shape index (κ3) is 7.56. The maximum Gasteiger partial charge on any atom is 0.0375 e. The molecule has 0 aliphatic carbocycles. The maximum absolute atomic E-state index is 5.97. The summed E-state index contributed by atoms with van der Waals surface area (Å²) < 4.78 is 0. The first-order chi connectivity index (χ1) is 15.8. The Morgan fingerprint density at radius 2 is 1.65 bits per heavy atom. The Hall–Kier alpha value is -2.39. The largest absolute Gasteiger partial charge is 0.402 e. The fourth-order valence-corrected chi connectivity index (χ4v) is 4.34. The zero-order valence-corrected chi connectivity index (χ0v) is 23.5. The third-order valence-corrected chi connectivity index (χ3v) is 6.92. The molecule has 2 nitrogen and oxygen atoms in total. The minimum Gasteiger partial charge on any atom is -0.402 e. The first kappa shape index (κ1) is 27.9. The molecule has 2 rings (SSSR count). The fraction of sp³-hybridized carbons (Fsp3) is 0.419. The second kappa shape index (κ2) is 11.8. The summed E-state index contributed by atoms with van der Waals surface area (Å²) in [7, 11) is 0. The molecule has 3 heteroatoms. The van der Waals surface area contributed by atoms with E-state index in [0.29, 0.717) is 12.0 Å². The number of anilines is 1. The minimum atomic E-state index is 0.0729. The molecule has 184 valence electrons. The summed E-state index contributed by atoms with van der Waals surface area (Å²) in [5.41, 5.74) is 16.8. The molecule has 0 heterocycles. The number of hydrogen-bond acceptors (Lipinski definition) is 3. The normalized spacial score (nSPS) is 14.5. The van der Waals surface area contributed by atoms with E-state index in [4.69, 9.17) is 5.73 Å². The van der Waals surface area contributed by atoms with Crippen LogP contribution in [-0.2, 0) is 6.42 Å². The number of hydrogen-bond donors (Lipinski definition) is 3. The highest BCUT2D eigenvalue weighted by Gasteiger charge is 2.17. The van der Waals surface area contributed by atoms with Gasteiger partial charge >= 0.3 is 0 Å². The van der Waals surface area contributed by atoms with Crippen molar-refractivity contribution in [3.63, 3.8) is 0 Å². The number of thiol groups is 1. The minimum absolute atomic E-state index is 0.0729. The van der Waals surface area contributed by atoms with E-state index in [-0.39, 0.29) is 5.41 Å². The van der Waals surface area contributed by atoms with E-state index in [0.717, 1.165) is 17.7 Å². The van der Waals surface area contributed by atoms with E-state index >= 15 is 0 Å². The van der Waals surface area contributed by atoms with E-state index < -0.39 is 0 Å². The van der Waals surface area contributed by atoms with Crippen molar-refractivity contribution in [2.45, 2.75) is 74.8 Å². The monoisotopic (exact) mass is 476 g/mol. The molecule has 1 unspecified atom stereocenters. The van der Waals surface area contributed by atoms with Crippen molar-refractivity contribution >= 4 is 30.0 Å². The lowest BCUT2D eigenvalue weighted by atomic mass is 9.87. The molecule has 0 fully saturated rings. The van der Waals surface area contributed by atoms with Gasteiger partial charge in [-0.25, -0.2) is 0 Å². The van der Waals surface area contributed by atoms with Crippen LogP contribution in [0.4, 0.5) is 5.69 Å². The Kier molecular flexibility index (Phi) is 9.70. The standard InChI is InChI=1S/C31H44N2S/c1-20(2)29(18-25-10-12-26(13-11-25)23(5)24(6)32)33-30-17-21(3)27(16-22(30)4)14-15-28(19-34)31(7,8)9/h10-17,19-20,29,33-34H,18,32H2,1-9H3/b15-14+,24-23-,28-19+. The fourth-order valence-electron chi connectivity index (χ4n) is 3.87. The van der Waals surface area contributed by atoms with E-state index in [1.54, 1.807) is 0 Å². The van der Waals surface area contributed by atoms with Crippen LogP contribution < -0.4 is 11.1 Å². The molecule has 0 saturated heterocycles. The summed E-state index contributed by atoms with van der Waals surface area (Å²) in [6.45, 7) is 19.6. The molecule has 0 spiro atoms. The average Bonchev–Trinajstić information content (AvgIpc) is 2.75. The first-order valence-corrected chi connectivity index (χ1v) is 12.8. The quantitative estimate of drug-likeness (QED) is 0.264. The summed E-state index contributed by atoms with van der Waals surface area (Å²) in [5, 5.41) is 5.75. The molecule has 0 bridgehead atoms. The number of benzene rings is 2. The second-order valence-electron chi connectivity index (χ2n) is 10.9. The Morgan fingerprint density at radius 1 is 1.03 bits per heavy atom. The highest BCUT2D eigenvalue weighted by atomic mass is 32.1. The van der Waals surface area contributed by atoms with Crippen molar-refractivity contribution in [3.05, 3.63) is 87.0 Å². The number of nitrogens with two attached hydrogens (primary N) is 1. The molecule has 0 aliphatic rings. The molecule has 0 radical (unpaired) electrons.